The van der Waals surface area contributed by atoms with Gasteiger partial charge in [0.1, 0.15) is 0 Å². The van der Waals surface area contributed by atoms with Crippen molar-refractivity contribution in [1.29, 1.82) is 0 Å². The first-order valence-corrected chi connectivity index (χ1v) is 7.37. The number of aromatic nitrogens is 2. The predicted molar refractivity (Wildman–Crippen MR) is 72.5 cm³/mol. The first kappa shape index (κ1) is 13.1. The van der Waals surface area contributed by atoms with Crippen LogP contribution in [0.25, 0.3) is 4.96 Å². The molecule has 0 fully saturated rings. The zero-order valence-corrected chi connectivity index (χ0v) is 11.4. The normalized spacial score (nSPS) is 10.9. The summed E-state index contributed by atoms with van der Waals surface area (Å²) >= 11 is 2.91. The minimum Gasteiger partial charge on any atom is -0.481 e. The number of carbonyl (C=O) groups is 1. The lowest BCUT2D eigenvalue weighted by Gasteiger charge is -2.01. The van der Waals surface area contributed by atoms with E-state index >= 15 is 0 Å². The number of hydrogen-bond acceptors (Lipinski definition) is 5. The lowest BCUT2D eigenvalue weighted by atomic mass is 10.4. The van der Waals surface area contributed by atoms with Gasteiger partial charge in [-0.05, 0) is 6.92 Å². The van der Waals surface area contributed by atoms with Crippen LogP contribution in [0.2, 0.25) is 0 Å². The molecule has 2 rings (SSSR count). The highest BCUT2D eigenvalue weighted by molar-refractivity contribution is 7.98. The highest BCUT2D eigenvalue weighted by Gasteiger charge is 2.06. The number of carboxylic acid groups (broad SMARTS) is 1. The fourth-order valence-electron chi connectivity index (χ4n) is 1.51. The van der Waals surface area contributed by atoms with Crippen LogP contribution in [0, 0.1) is 6.92 Å². The highest BCUT2D eigenvalue weighted by Crippen LogP contribution is 2.15. The van der Waals surface area contributed by atoms with E-state index in [1.54, 1.807) is 4.40 Å². The van der Waals surface area contributed by atoms with Crippen molar-refractivity contribution in [1.82, 2.24) is 9.38 Å². The molecule has 2 aromatic heterocycles. The Labute approximate surface area is 111 Å². The summed E-state index contributed by atoms with van der Waals surface area (Å²) in [6, 6.07) is 1.51. The summed E-state index contributed by atoms with van der Waals surface area (Å²) in [5, 5.41) is 10.4. The molecule has 0 radical (unpaired) electrons. The second-order valence-corrected chi connectivity index (χ2v) is 5.72. The predicted octanol–water partition coefficient (Wildman–Crippen LogP) is 1.77. The van der Waals surface area contributed by atoms with Crippen LogP contribution in [-0.4, -0.2) is 26.2 Å². The van der Waals surface area contributed by atoms with Crippen molar-refractivity contribution in [3.8, 4) is 0 Å². The quantitative estimate of drug-likeness (QED) is 0.847. The highest BCUT2D eigenvalue weighted by atomic mass is 32.2. The molecule has 0 spiro atoms. The summed E-state index contributed by atoms with van der Waals surface area (Å²) in [5.41, 5.74) is 1.52. The summed E-state index contributed by atoms with van der Waals surface area (Å²) in [5.74, 6) is 0.287. The van der Waals surface area contributed by atoms with Gasteiger partial charge in [-0.3, -0.25) is 14.0 Å². The summed E-state index contributed by atoms with van der Waals surface area (Å²) in [4.78, 5) is 27.3. The number of aryl methyl sites for hydroxylation is 1. The molecule has 0 saturated carbocycles. The van der Waals surface area contributed by atoms with Crippen molar-refractivity contribution in [2.45, 2.75) is 19.1 Å². The largest absolute Gasteiger partial charge is 0.481 e. The molecule has 0 aromatic carbocycles. The van der Waals surface area contributed by atoms with Gasteiger partial charge in [0.2, 0.25) is 0 Å². The number of thiazole rings is 1. The van der Waals surface area contributed by atoms with Crippen molar-refractivity contribution in [3.63, 3.8) is 0 Å². The molecule has 0 aliphatic carbocycles. The molecule has 0 atom stereocenters. The SMILES string of the molecule is Cc1csc2nc(CSCCC(=O)O)cc(=O)n12. The molecule has 96 valence electrons. The van der Waals surface area contributed by atoms with Gasteiger partial charge in [-0.15, -0.1) is 11.3 Å². The minimum atomic E-state index is -0.806. The molecule has 0 aliphatic heterocycles. The zero-order valence-electron chi connectivity index (χ0n) is 9.75. The van der Waals surface area contributed by atoms with Gasteiger partial charge in [0.25, 0.3) is 5.56 Å². The maximum Gasteiger partial charge on any atom is 0.304 e. The fraction of sp³-hybridized carbons (Fsp3) is 0.364. The Kier molecular flexibility index (Phi) is 4.03. The molecular weight excluding hydrogens is 272 g/mol. The van der Waals surface area contributed by atoms with E-state index in [0.29, 0.717) is 22.2 Å². The molecule has 0 aliphatic rings. The average Bonchev–Trinajstić information content (AvgIpc) is 2.67. The summed E-state index contributed by atoms with van der Waals surface area (Å²) < 4.78 is 1.58. The van der Waals surface area contributed by atoms with E-state index in [0.717, 1.165) is 5.69 Å². The van der Waals surface area contributed by atoms with Gasteiger partial charge in [-0.25, -0.2) is 4.98 Å². The van der Waals surface area contributed by atoms with Gasteiger partial charge in [-0.2, -0.15) is 11.8 Å². The van der Waals surface area contributed by atoms with Crippen LogP contribution in [0.3, 0.4) is 0 Å². The van der Waals surface area contributed by atoms with Crippen LogP contribution in [0.4, 0.5) is 0 Å². The number of carboxylic acids is 1. The number of aliphatic carboxylic acids is 1. The molecule has 0 saturated heterocycles. The number of nitrogens with zero attached hydrogens (tertiary/aromatic N) is 2. The second kappa shape index (κ2) is 5.53. The Hall–Kier alpha value is -1.34. The molecular formula is C11H12N2O3S2. The lowest BCUT2D eigenvalue weighted by molar-refractivity contribution is -0.136. The van der Waals surface area contributed by atoms with Gasteiger partial charge < -0.3 is 5.11 Å². The summed E-state index contributed by atoms with van der Waals surface area (Å²) in [7, 11) is 0. The van der Waals surface area contributed by atoms with E-state index in [-0.39, 0.29) is 12.0 Å². The Morgan fingerprint density at radius 2 is 2.39 bits per heavy atom. The Balaban J connectivity index is 2.10. The molecule has 1 N–H and O–H groups in total. The number of hydrogen-bond donors (Lipinski definition) is 1. The average molecular weight is 284 g/mol. The number of fused-ring (bicyclic) bond motifs is 1. The Morgan fingerprint density at radius 1 is 1.61 bits per heavy atom. The topological polar surface area (TPSA) is 71.7 Å². The van der Waals surface area contributed by atoms with Gasteiger partial charge in [-0.1, -0.05) is 0 Å². The first-order chi connectivity index (χ1) is 8.58. The molecule has 5 nitrogen and oxygen atoms in total. The Bertz CT molecular complexity index is 633. The van der Waals surface area contributed by atoms with E-state index in [1.807, 2.05) is 12.3 Å². The maximum absolute atomic E-state index is 11.8. The standard InChI is InChI=1S/C11H12N2O3S2/c1-7-5-18-11-12-8(4-9(14)13(7)11)6-17-3-2-10(15)16/h4-5H,2-3,6H2,1H3,(H,15,16). The van der Waals surface area contributed by atoms with Crippen LogP contribution in [-0.2, 0) is 10.5 Å². The van der Waals surface area contributed by atoms with E-state index in [1.165, 1.54) is 29.2 Å². The molecule has 2 aromatic rings. The van der Waals surface area contributed by atoms with Crippen LogP contribution in [0.5, 0.6) is 0 Å². The number of rotatable bonds is 5. The number of thioether (sulfide) groups is 1. The van der Waals surface area contributed by atoms with Crippen molar-refractivity contribution in [2.24, 2.45) is 0 Å². The van der Waals surface area contributed by atoms with E-state index < -0.39 is 5.97 Å². The summed E-state index contributed by atoms with van der Waals surface area (Å²) in [6.45, 7) is 1.87. The Morgan fingerprint density at radius 3 is 3.11 bits per heavy atom. The van der Waals surface area contributed by atoms with E-state index in [4.69, 9.17) is 5.11 Å². The van der Waals surface area contributed by atoms with Crippen LogP contribution in [0.15, 0.2) is 16.2 Å². The van der Waals surface area contributed by atoms with Gasteiger partial charge >= 0.3 is 5.97 Å². The van der Waals surface area contributed by atoms with Crippen molar-refractivity contribution in [3.05, 3.63) is 33.2 Å². The smallest absolute Gasteiger partial charge is 0.304 e. The minimum absolute atomic E-state index is 0.0763. The zero-order chi connectivity index (χ0) is 13.1. The fourth-order valence-corrected chi connectivity index (χ4v) is 3.22. The monoisotopic (exact) mass is 284 g/mol. The molecule has 2 heterocycles. The molecule has 0 unspecified atom stereocenters. The van der Waals surface area contributed by atoms with Gasteiger partial charge in [0.15, 0.2) is 4.96 Å². The van der Waals surface area contributed by atoms with E-state index in [2.05, 4.69) is 4.98 Å². The molecule has 0 amide bonds. The van der Waals surface area contributed by atoms with Gasteiger partial charge in [0.05, 0.1) is 12.1 Å². The third-order valence-corrected chi connectivity index (χ3v) is 4.28. The first-order valence-electron chi connectivity index (χ1n) is 5.34. The van der Waals surface area contributed by atoms with E-state index in [9.17, 15) is 9.59 Å². The molecule has 18 heavy (non-hydrogen) atoms. The lowest BCUT2D eigenvalue weighted by Crippen LogP contribution is -2.14. The second-order valence-electron chi connectivity index (χ2n) is 3.78. The van der Waals surface area contributed by atoms with Crippen LogP contribution in [0.1, 0.15) is 17.8 Å². The molecule has 7 heteroatoms. The van der Waals surface area contributed by atoms with Crippen molar-refractivity contribution < 1.29 is 9.90 Å². The maximum atomic E-state index is 11.8. The third-order valence-electron chi connectivity index (χ3n) is 2.34. The van der Waals surface area contributed by atoms with Crippen molar-refractivity contribution >= 4 is 34.0 Å². The van der Waals surface area contributed by atoms with Crippen LogP contribution < -0.4 is 5.56 Å². The van der Waals surface area contributed by atoms with Gasteiger partial charge in [0, 0.05) is 28.6 Å². The summed E-state index contributed by atoms with van der Waals surface area (Å²) in [6.07, 6.45) is 0.129. The molecule has 0 bridgehead atoms. The third kappa shape index (κ3) is 2.91. The van der Waals surface area contributed by atoms with Crippen molar-refractivity contribution in [2.75, 3.05) is 5.75 Å². The van der Waals surface area contributed by atoms with Crippen LogP contribution >= 0.6 is 23.1 Å².